The van der Waals surface area contributed by atoms with E-state index in [4.69, 9.17) is 0 Å². The standard InChI is InChI=1S/C17H14N4O2.C2H6/c1-11-2-3-16-19-12(10-21(16)8-11)9-20-5-4-13-14(17(20)23)6-18-7-15(13)22;1-2/h2-8,10,22H,9H2,1H3;1-2H3. The maximum absolute atomic E-state index is 12.5. The molecule has 0 fully saturated rings. The number of imidazole rings is 1. The molecule has 0 aliphatic rings. The van der Waals surface area contributed by atoms with Crippen LogP contribution in [0.1, 0.15) is 25.1 Å². The summed E-state index contributed by atoms with van der Waals surface area (Å²) in [5.41, 5.74) is 2.59. The second-order valence-electron chi connectivity index (χ2n) is 5.57. The summed E-state index contributed by atoms with van der Waals surface area (Å²) in [7, 11) is 0. The highest BCUT2D eigenvalue weighted by Gasteiger charge is 2.08. The lowest BCUT2D eigenvalue weighted by molar-refractivity contribution is 0.479. The first-order chi connectivity index (χ1) is 12.1. The van der Waals surface area contributed by atoms with Gasteiger partial charge in [-0.15, -0.1) is 0 Å². The summed E-state index contributed by atoms with van der Waals surface area (Å²) in [4.78, 5) is 20.9. The van der Waals surface area contributed by atoms with Gasteiger partial charge < -0.3 is 14.1 Å². The van der Waals surface area contributed by atoms with Crippen molar-refractivity contribution >= 4 is 16.4 Å². The van der Waals surface area contributed by atoms with Crippen molar-refractivity contribution in [2.24, 2.45) is 0 Å². The highest BCUT2D eigenvalue weighted by Crippen LogP contribution is 2.19. The zero-order valence-corrected chi connectivity index (χ0v) is 14.5. The third kappa shape index (κ3) is 3.10. The topological polar surface area (TPSA) is 72.4 Å². The van der Waals surface area contributed by atoms with E-state index >= 15 is 0 Å². The van der Waals surface area contributed by atoms with Gasteiger partial charge in [0.05, 0.1) is 23.8 Å². The number of hydrogen-bond acceptors (Lipinski definition) is 4. The minimum atomic E-state index is -0.195. The Morgan fingerprint density at radius 2 is 1.88 bits per heavy atom. The van der Waals surface area contributed by atoms with Gasteiger partial charge in [0.15, 0.2) is 0 Å². The van der Waals surface area contributed by atoms with Gasteiger partial charge in [0, 0.05) is 30.2 Å². The molecule has 4 heterocycles. The first kappa shape index (κ1) is 16.7. The fourth-order valence-corrected chi connectivity index (χ4v) is 2.72. The molecule has 4 aromatic rings. The number of aromatic hydroxyl groups is 1. The van der Waals surface area contributed by atoms with Gasteiger partial charge in [0.1, 0.15) is 11.4 Å². The van der Waals surface area contributed by atoms with Crippen molar-refractivity contribution in [2.75, 3.05) is 0 Å². The summed E-state index contributed by atoms with van der Waals surface area (Å²) < 4.78 is 3.52. The van der Waals surface area contributed by atoms with Gasteiger partial charge in [0.25, 0.3) is 5.56 Å². The average Bonchev–Trinajstić information content (AvgIpc) is 3.01. The Kier molecular flexibility index (Phi) is 4.52. The highest BCUT2D eigenvalue weighted by atomic mass is 16.3. The van der Waals surface area contributed by atoms with Gasteiger partial charge in [-0.05, 0) is 24.6 Å². The molecule has 0 aliphatic carbocycles. The smallest absolute Gasteiger partial charge is 0.260 e. The summed E-state index contributed by atoms with van der Waals surface area (Å²) >= 11 is 0. The van der Waals surface area contributed by atoms with Gasteiger partial charge in [-0.25, -0.2) is 4.98 Å². The molecule has 25 heavy (non-hydrogen) atoms. The predicted octanol–water partition coefficient (Wildman–Crippen LogP) is 3.13. The Morgan fingerprint density at radius 3 is 2.68 bits per heavy atom. The van der Waals surface area contributed by atoms with E-state index in [0.717, 1.165) is 16.9 Å². The molecule has 1 N–H and O–H groups in total. The summed E-state index contributed by atoms with van der Waals surface area (Å²) in [6.07, 6.45) is 8.38. The number of hydrogen-bond donors (Lipinski definition) is 1. The average molecular weight is 336 g/mol. The largest absolute Gasteiger partial charge is 0.506 e. The zero-order chi connectivity index (χ0) is 18.0. The van der Waals surface area contributed by atoms with Crippen LogP contribution in [0.5, 0.6) is 5.75 Å². The molecule has 0 atom stereocenters. The lowest BCUT2D eigenvalue weighted by atomic mass is 10.2. The summed E-state index contributed by atoms with van der Waals surface area (Å²) in [6, 6.07) is 5.67. The van der Waals surface area contributed by atoms with Crippen molar-refractivity contribution in [1.29, 1.82) is 0 Å². The van der Waals surface area contributed by atoms with E-state index in [2.05, 4.69) is 9.97 Å². The maximum Gasteiger partial charge on any atom is 0.260 e. The normalized spacial score (nSPS) is 10.7. The molecule has 6 nitrogen and oxygen atoms in total. The van der Waals surface area contributed by atoms with Crippen LogP contribution in [-0.2, 0) is 6.54 Å². The molecule has 0 bridgehead atoms. The van der Waals surface area contributed by atoms with Crippen molar-refractivity contribution in [3.63, 3.8) is 0 Å². The van der Waals surface area contributed by atoms with E-state index in [0.29, 0.717) is 17.3 Å². The summed E-state index contributed by atoms with van der Waals surface area (Å²) in [5.74, 6) is 0.00922. The minimum Gasteiger partial charge on any atom is -0.506 e. The van der Waals surface area contributed by atoms with Gasteiger partial charge in [-0.1, -0.05) is 19.9 Å². The molecule has 4 aromatic heterocycles. The van der Waals surface area contributed by atoms with Crippen molar-refractivity contribution in [3.8, 4) is 5.75 Å². The second-order valence-corrected chi connectivity index (χ2v) is 5.57. The zero-order valence-electron chi connectivity index (χ0n) is 14.5. The molecule has 0 aliphatic heterocycles. The van der Waals surface area contributed by atoms with E-state index in [1.807, 2.05) is 49.7 Å². The molecule has 0 spiro atoms. The first-order valence-electron chi connectivity index (χ1n) is 8.22. The van der Waals surface area contributed by atoms with E-state index in [-0.39, 0.29) is 11.3 Å². The molecule has 0 radical (unpaired) electrons. The van der Waals surface area contributed by atoms with Crippen molar-refractivity contribution in [1.82, 2.24) is 18.9 Å². The first-order valence-corrected chi connectivity index (χ1v) is 8.22. The Labute approximate surface area is 145 Å². The molecule has 4 rings (SSSR count). The van der Waals surface area contributed by atoms with Gasteiger partial charge in [-0.3, -0.25) is 9.78 Å². The van der Waals surface area contributed by atoms with Gasteiger partial charge in [-0.2, -0.15) is 0 Å². The van der Waals surface area contributed by atoms with Gasteiger partial charge >= 0.3 is 0 Å². The van der Waals surface area contributed by atoms with E-state index in [1.54, 1.807) is 16.8 Å². The van der Waals surface area contributed by atoms with Crippen LogP contribution in [0.15, 0.2) is 54.0 Å². The Bertz CT molecular complexity index is 1100. The number of nitrogens with zero attached hydrogens (tertiary/aromatic N) is 4. The van der Waals surface area contributed by atoms with E-state index in [9.17, 15) is 9.90 Å². The number of aromatic nitrogens is 4. The molecule has 0 aromatic carbocycles. The molecule has 0 saturated heterocycles. The van der Waals surface area contributed by atoms with Crippen LogP contribution in [-0.4, -0.2) is 24.0 Å². The Balaban J connectivity index is 0.000000880. The third-order valence-electron chi connectivity index (χ3n) is 3.86. The molecular formula is C19H20N4O2. The Morgan fingerprint density at radius 1 is 1.08 bits per heavy atom. The molecule has 0 saturated carbocycles. The second kappa shape index (κ2) is 6.76. The summed E-state index contributed by atoms with van der Waals surface area (Å²) in [6.45, 7) is 6.39. The van der Waals surface area contributed by atoms with Gasteiger partial charge in [0.2, 0.25) is 0 Å². The van der Waals surface area contributed by atoms with Crippen LogP contribution < -0.4 is 5.56 Å². The van der Waals surface area contributed by atoms with Crippen LogP contribution in [0.25, 0.3) is 16.4 Å². The monoisotopic (exact) mass is 336 g/mol. The molecule has 0 amide bonds. The Hall–Kier alpha value is -3.15. The quantitative estimate of drug-likeness (QED) is 0.610. The van der Waals surface area contributed by atoms with Crippen LogP contribution in [0.3, 0.4) is 0 Å². The van der Waals surface area contributed by atoms with Crippen molar-refractivity contribution in [2.45, 2.75) is 27.3 Å². The van der Waals surface area contributed by atoms with Crippen LogP contribution in [0.4, 0.5) is 0 Å². The SMILES string of the molecule is CC.Cc1ccc2nc(Cn3ccc4c(O)cncc4c3=O)cn2c1. The lowest BCUT2D eigenvalue weighted by Gasteiger charge is -2.05. The maximum atomic E-state index is 12.5. The van der Waals surface area contributed by atoms with Crippen LogP contribution >= 0.6 is 0 Å². The van der Waals surface area contributed by atoms with Crippen molar-refractivity contribution in [3.05, 3.63) is 70.8 Å². The molecule has 0 unspecified atom stereocenters. The molecule has 6 heteroatoms. The van der Waals surface area contributed by atoms with Crippen LogP contribution in [0.2, 0.25) is 0 Å². The fraction of sp³-hybridized carbons (Fsp3) is 0.211. The fourth-order valence-electron chi connectivity index (χ4n) is 2.72. The highest BCUT2D eigenvalue weighted by molar-refractivity contribution is 5.85. The molecular weight excluding hydrogens is 316 g/mol. The lowest BCUT2D eigenvalue weighted by Crippen LogP contribution is -2.20. The minimum absolute atomic E-state index is 0.00922. The van der Waals surface area contributed by atoms with Crippen molar-refractivity contribution < 1.29 is 5.11 Å². The number of aryl methyl sites for hydroxylation is 1. The third-order valence-corrected chi connectivity index (χ3v) is 3.86. The summed E-state index contributed by atoms with van der Waals surface area (Å²) in [5, 5.41) is 10.7. The van der Waals surface area contributed by atoms with Crippen LogP contribution in [0, 0.1) is 6.92 Å². The van der Waals surface area contributed by atoms with E-state index in [1.165, 1.54) is 12.4 Å². The predicted molar refractivity (Wildman–Crippen MR) is 98.0 cm³/mol. The molecule has 128 valence electrons. The number of rotatable bonds is 2. The number of fused-ring (bicyclic) bond motifs is 2. The van der Waals surface area contributed by atoms with E-state index < -0.39 is 0 Å². The number of pyridine rings is 3.